The Kier molecular flexibility index (Phi) is 6.02. The van der Waals surface area contributed by atoms with Crippen LogP contribution in [0.4, 0.5) is 0 Å². The number of likely N-dealkylation sites (N-methyl/N-ethyl adjacent to an activating group) is 1. The smallest absolute Gasteiger partial charge is 0.225 e. The van der Waals surface area contributed by atoms with Gasteiger partial charge in [0, 0.05) is 20.1 Å². The Bertz CT molecular complexity index is 441. The van der Waals surface area contributed by atoms with Gasteiger partial charge >= 0.3 is 0 Å². The molecule has 5 nitrogen and oxygen atoms in total. The zero-order chi connectivity index (χ0) is 15.1. The largest absolute Gasteiger partial charge is 0.492 e. The summed E-state index contributed by atoms with van der Waals surface area (Å²) in [5.74, 6) is 0.928. The van der Waals surface area contributed by atoms with Crippen molar-refractivity contribution < 1.29 is 14.3 Å². The van der Waals surface area contributed by atoms with Crippen molar-refractivity contribution in [2.24, 2.45) is 0 Å². The number of hydrogen-bond donors (Lipinski definition) is 1. The van der Waals surface area contributed by atoms with Gasteiger partial charge in [0.05, 0.1) is 25.7 Å². The monoisotopic (exact) mass is 292 g/mol. The lowest BCUT2D eigenvalue weighted by Crippen LogP contribution is -2.42. The molecule has 21 heavy (non-hydrogen) atoms. The first kappa shape index (κ1) is 15.8. The number of hydrogen-bond acceptors (Lipinski definition) is 4. The van der Waals surface area contributed by atoms with Gasteiger partial charge in [-0.05, 0) is 19.1 Å². The van der Waals surface area contributed by atoms with E-state index in [9.17, 15) is 4.79 Å². The van der Waals surface area contributed by atoms with Crippen LogP contribution in [0.25, 0.3) is 0 Å². The summed E-state index contributed by atoms with van der Waals surface area (Å²) in [7, 11) is 1.80. The summed E-state index contributed by atoms with van der Waals surface area (Å²) in [5.41, 5.74) is 1.20. The number of morpholine rings is 1. The quantitative estimate of drug-likeness (QED) is 0.856. The van der Waals surface area contributed by atoms with Gasteiger partial charge in [0.15, 0.2) is 0 Å². The first-order valence-corrected chi connectivity index (χ1v) is 7.41. The van der Waals surface area contributed by atoms with Crippen molar-refractivity contribution in [3.63, 3.8) is 0 Å². The van der Waals surface area contributed by atoms with E-state index in [4.69, 9.17) is 9.47 Å². The van der Waals surface area contributed by atoms with Gasteiger partial charge in [-0.25, -0.2) is 0 Å². The third-order valence-electron chi connectivity index (χ3n) is 3.55. The lowest BCUT2D eigenvalue weighted by atomic mass is 10.2. The second-order valence-electron chi connectivity index (χ2n) is 5.38. The zero-order valence-electron chi connectivity index (χ0n) is 12.8. The zero-order valence-corrected chi connectivity index (χ0v) is 12.8. The van der Waals surface area contributed by atoms with Gasteiger partial charge in [-0.2, -0.15) is 0 Å². The number of benzene rings is 1. The Hall–Kier alpha value is -1.59. The fourth-order valence-corrected chi connectivity index (χ4v) is 2.16. The molecule has 1 aromatic rings. The molecule has 0 aliphatic carbocycles. The number of rotatable bonds is 6. The Morgan fingerprint density at radius 1 is 1.43 bits per heavy atom. The average Bonchev–Trinajstić information content (AvgIpc) is 2.50. The minimum Gasteiger partial charge on any atom is -0.492 e. The van der Waals surface area contributed by atoms with Crippen LogP contribution < -0.4 is 10.1 Å². The molecule has 0 radical (unpaired) electrons. The highest BCUT2D eigenvalue weighted by atomic mass is 16.5. The molecule has 1 unspecified atom stereocenters. The molecule has 1 aliphatic heterocycles. The molecule has 1 heterocycles. The van der Waals surface area contributed by atoms with Crippen molar-refractivity contribution in [2.75, 3.05) is 39.9 Å². The number of carbonyl (C=O) groups is 1. The predicted octanol–water partition coefficient (Wildman–Crippen LogP) is 1.21. The van der Waals surface area contributed by atoms with E-state index in [0.717, 1.165) is 18.8 Å². The molecule has 1 fully saturated rings. The number of amides is 1. The topological polar surface area (TPSA) is 50.8 Å². The number of nitrogens with one attached hydrogen (secondary N) is 1. The number of ether oxygens (including phenoxy) is 2. The number of nitrogens with zero attached hydrogens (tertiary/aromatic N) is 1. The molecule has 0 aromatic heterocycles. The summed E-state index contributed by atoms with van der Waals surface area (Å²) in [4.78, 5) is 13.8. The van der Waals surface area contributed by atoms with Crippen LogP contribution in [0.1, 0.15) is 12.0 Å². The molecule has 1 amide bonds. The van der Waals surface area contributed by atoms with E-state index in [1.165, 1.54) is 5.56 Å². The van der Waals surface area contributed by atoms with E-state index in [1.54, 1.807) is 11.9 Å². The molecule has 116 valence electrons. The Morgan fingerprint density at radius 3 is 2.86 bits per heavy atom. The van der Waals surface area contributed by atoms with E-state index in [2.05, 4.69) is 5.32 Å². The summed E-state index contributed by atoms with van der Waals surface area (Å²) in [6.07, 6.45) is 0.417. The molecular formula is C16H24N2O3. The van der Waals surface area contributed by atoms with E-state index in [1.807, 2.05) is 31.2 Å². The lowest BCUT2D eigenvalue weighted by molar-refractivity contribution is -0.133. The maximum absolute atomic E-state index is 12.1. The highest BCUT2D eigenvalue weighted by Crippen LogP contribution is 2.11. The molecule has 1 saturated heterocycles. The van der Waals surface area contributed by atoms with Crippen molar-refractivity contribution in [3.05, 3.63) is 29.8 Å². The van der Waals surface area contributed by atoms with E-state index >= 15 is 0 Å². The highest BCUT2D eigenvalue weighted by molar-refractivity contribution is 5.76. The first-order valence-electron chi connectivity index (χ1n) is 7.41. The van der Waals surface area contributed by atoms with Crippen molar-refractivity contribution >= 4 is 5.91 Å². The lowest BCUT2D eigenvalue weighted by Gasteiger charge is -2.25. The summed E-state index contributed by atoms with van der Waals surface area (Å²) >= 11 is 0. The standard InChI is InChI=1S/C16H24N2O3/c1-13-3-5-14(6-4-13)21-10-8-18(2)16(19)11-15-12-17-7-9-20-15/h3-6,15,17H,7-12H2,1-2H3. The SMILES string of the molecule is Cc1ccc(OCCN(C)C(=O)CC2CNCCO2)cc1. The van der Waals surface area contributed by atoms with Gasteiger partial charge in [-0.15, -0.1) is 0 Å². The normalized spacial score (nSPS) is 18.3. The van der Waals surface area contributed by atoms with Crippen LogP contribution in [0, 0.1) is 6.92 Å². The molecule has 1 aliphatic rings. The first-order chi connectivity index (χ1) is 10.1. The van der Waals surface area contributed by atoms with Gasteiger partial charge in [-0.1, -0.05) is 17.7 Å². The molecule has 1 N–H and O–H groups in total. The summed E-state index contributed by atoms with van der Waals surface area (Å²) < 4.78 is 11.2. The minimum atomic E-state index is -0.00767. The molecule has 1 aromatic carbocycles. The van der Waals surface area contributed by atoms with Gasteiger partial charge in [0.2, 0.25) is 5.91 Å². The predicted molar refractivity (Wildman–Crippen MR) is 81.5 cm³/mol. The summed E-state index contributed by atoms with van der Waals surface area (Å²) in [6.45, 7) is 5.41. The summed E-state index contributed by atoms with van der Waals surface area (Å²) in [5, 5.41) is 3.23. The molecular weight excluding hydrogens is 268 g/mol. The Balaban J connectivity index is 1.67. The van der Waals surface area contributed by atoms with Gasteiger partial charge < -0.3 is 19.7 Å². The highest BCUT2D eigenvalue weighted by Gasteiger charge is 2.19. The van der Waals surface area contributed by atoms with E-state index in [-0.39, 0.29) is 12.0 Å². The fraction of sp³-hybridized carbons (Fsp3) is 0.562. The third kappa shape index (κ3) is 5.36. The maximum Gasteiger partial charge on any atom is 0.225 e. The minimum absolute atomic E-state index is 0.00767. The molecule has 1 atom stereocenters. The van der Waals surface area contributed by atoms with Crippen molar-refractivity contribution in [2.45, 2.75) is 19.4 Å². The summed E-state index contributed by atoms with van der Waals surface area (Å²) in [6, 6.07) is 7.91. The van der Waals surface area contributed by atoms with E-state index in [0.29, 0.717) is 26.2 Å². The van der Waals surface area contributed by atoms with Gasteiger partial charge in [0.1, 0.15) is 12.4 Å². The van der Waals surface area contributed by atoms with Crippen LogP contribution in [-0.2, 0) is 9.53 Å². The van der Waals surface area contributed by atoms with Crippen LogP contribution in [0.15, 0.2) is 24.3 Å². The second-order valence-corrected chi connectivity index (χ2v) is 5.38. The molecule has 0 bridgehead atoms. The van der Waals surface area contributed by atoms with Crippen LogP contribution in [0.5, 0.6) is 5.75 Å². The Labute approximate surface area is 126 Å². The maximum atomic E-state index is 12.1. The van der Waals surface area contributed by atoms with Crippen molar-refractivity contribution in [3.8, 4) is 5.75 Å². The van der Waals surface area contributed by atoms with E-state index < -0.39 is 0 Å². The van der Waals surface area contributed by atoms with Crippen LogP contribution >= 0.6 is 0 Å². The van der Waals surface area contributed by atoms with Crippen LogP contribution in [0.2, 0.25) is 0 Å². The average molecular weight is 292 g/mol. The number of carbonyl (C=O) groups excluding carboxylic acids is 1. The fourth-order valence-electron chi connectivity index (χ4n) is 2.16. The van der Waals surface area contributed by atoms with Crippen molar-refractivity contribution in [1.29, 1.82) is 0 Å². The second kappa shape index (κ2) is 8.00. The molecule has 5 heteroatoms. The third-order valence-corrected chi connectivity index (χ3v) is 3.55. The number of aryl methyl sites for hydroxylation is 1. The van der Waals surface area contributed by atoms with Crippen LogP contribution in [-0.4, -0.2) is 56.8 Å². The van der Waals surface area contributed by atoms with Crippen LogP contribution in [0.3, 0.4) is 0 Å². The molecule has 0 spiro atoms. The Morgan fingerprint density at radius 2 is 2.19 bits per heavy atom. The van der Waals surface area contributed by atoms with Crippen molar-refractivity contribution in [1.82, 2.24) is 10.2 Å². The van der Waals surface area contributed by atoms with Gasteiger partial charge in [-0.3, -0.25) is 4.79 Å². The molecule has 0 saturated carbocycles. The molecule has 2 rings (SSSR count). The van der Waals surface area contributed by atoms with Gasteiger partial charge in [0.25, 0.3) is 0 Å².